The number of benzene rings is 4. The molecule has 0 N–H and O–H groups in total. The quantitative estimate of drug-likeness (QED) is 0.106. The van der Waals surface area contributed by atoms with E-state index in [0.29, 0.717) is 0 Å². The van der Waals surface area contributed by atoms with Crippen molar-refractivity contribution in [2.24, 2.45) is 0 Å². The minimum absolute atomic E-state index is 0.725. The third kappa shape index (κ3) is 9.79. The molecule has 0 atom stereocenters. The Balaban J connectivity index is 1.45. The summed E-state index contributed by atoms with van der Waals surface area (Å²) in [7, 11) is 0. The van der Waals surface area contributed by atoms with Crippen molar-refractivity contribution >= 4 is 0 Å². The highest BCUT2D eigenvalue weighted by Gasteiger charge is 2.14. The molecule has 0 aliphatic carbocycles. The van der Waals surface area contributed by atoms with E-state index in [2.05, 4.69) is 111 Å². The van der Waals surface area contributed by atoms with Crippen LogP contribution in [0.15, 0.2) is 97.1 Å². The van der Waals surface area contributed by atoms with Gasteiger partial charge in [0.1, 0.15) is 0 Å². The molecule has 2 heteroatoms. The van der Waals surface area contributed by atoms with Crippen molar-refractivity contribution in [1.29, 1.82) is 0 Å². The first kappa shape index (κ1) is 31.4. The van der Waals surface area contributed by atoms with Gasteiger partial charge in [0.05, 0.1) is 13.2 Å². The van der Waals surface area contributed by atoms with Crippen molar-refractivity contribution in [3.8, 4) is 44.9 Å². The van der Waals surface area contributed by atoms with E-state index in [0.717, 1.165) is 48.7 Å². The number of ether oxygens (including phenoxy) is 2. The Morgan fingerprint density at radius 2 is 0.833 bits per heavy atom. The van der Waals surface area contributed by atoms with Gasteiger partial charge in [-0.1, -0.05) is 169 Å². The molecule has 0 aliphatic rings. The minimum atomic E-state index is 0.725. The van der Waals surface area contributed by atoms with Crippen LogP contribution in [0.1, 0.15) is 90.9 Å². The predicted octanol–water partition coefficient (Wildman–Crippen LogP) is 12.2. The molecule has 0 fully saturated rings. The highest BCUT2D eigenvalue weighted by molar-refractivity contribution is 5.77. The van der Waals surface area contributed by atoms with Crippen molar-refractivity contribution in [2.45, 2.75) is 90.9 Å². The summed E-state index contributed by atoms with van der Waals surface area (Å²) in [6.45, 7) is 5.99. The summed E-state index contributed by atoms with van der Waals surface area (Å²) < 4.78 is 12.8. The van der Waals surface area contributed by atoms with Gasteiger partial charge >= 0.3 is 0 Å². The second kappa shape index (κ2) is 18.1. The monoisotopic (exact) mass is 562 g/mol. The average Bonchev–Trinajstić information content (AvgIpc) is 3.05. The normalized spacial score (nSPS) is 11.0. The van der Waals surface area contributed by atoms with E-state index >= 15 is 0 Å². The van der Waals surface area contributed by atoms with Gasteiger partial charge in [0.2, 0.25) is 0 Å². The van der Waals surface area contributed by atoms with Crippen LogP contribution >= 0.6 is 0 Å². The van der Waals surface area contributed by atoms with Crippen molar-refractivity contribution in [3.05, 3.63) is 97.1 Å². The van der Waals surface area contributed by atoms with Gasteiger partial charge in [-0.3, -0.25) is 0 Å². The lowest BCUT2D eigenvalue weighted by Crippen LogP contribution is -2.04. The van der Waals surface area contributed by atoms with E-state index < -0.39 is 0 Å². The van der Waals surface area contributed by atoms with Crippen LogP contribution in [0.3, 0.4) is 0 Å². The maximum absolute atomic E-state index is 6.48. The zero-order valence-electron chi connectivity index (χ0n) is 26.0. The van der Waals surface area contributed by atoms with E-state index in [1.54, 1.807) is 0 Å². The fourth-order valence-corrected chi connectivity index (χ4v) is 5.45. The summed E-state index contributed by atoms with van der Waals surface area (Å²) in [4.78, 5) is 0. The van der Waals surface area contributed by atoms with Gasteiger partial charge in [-0.25, -0.2) is 0 Å². The zero-order valence-corrected chi connectivity index (χ0v) is 26.0. The molecule has 4 aromatic rings. The van der Waals surface area contributed by atoms with Crippen LogP contribution in [0.2, 0.25) is 0 Å². The van der Waals surface area contributed by atoms with Crippen LogP contribution in [0, 0.1) is 0 Å². The molecular weight excluding hydrogens is 512 g/mol. The first-order valence-electron chi connectivity index (χ1n) is 16.4. The Morgan fingerprint density at radius 1 is 0.381 bits per heavy atom. The van der Waals surface area contributed by atoms with Gasteiger partial charge < -0.3 is 9.47 Å². The third-order valence-electron chi connectivity index (χ3n) is 8.00. The second-order valence-electron chi connectivity index (χ2n) is 11.4. The molecule has 0 aromatic heterocycles. The lowest BCUT2D eigenvalue weighted by atomic mass is 9.97. The molecular formula is C40H50O2. The number of unbranched alkanes of at least 4 members (excludes halogenated alkanes) is 10. The van der Waals surface area contributed by atoms with E-state index in [-0.39, 0.29) is 0 Å². The smallest absolute Gasteiger partial charge is 0.168 e. The van der Waals surface area contributed by atoms with E-state index in [4.69, 9.17) is 9.47 Å². The molecule has 0 unspecified atom stereocenters. The van der Waals surface area contributed by atoms with Crippen LogP contribution in [0.25, 0.3) is 33.4 Å². The minimum Gasteiger partial charge on any atom is -0.490 e. The molecule has 0 radical (unpaired) electrons. The number of hydrogen-bond acceptors (Lipinski definition) is 2. The molecule has 0 amide bonds. The molecule has 2 nitrogen and oxygen atoms in total. The largest absolute Gasteiger partial charge is 0.490 e. The Labute approximate surface area is 255 Å². The predicted molar refractivity (Wildman–Crippen MR) is 180 cm³/mol. The molecule has 4 rings (SSSR count). The lowest BCUT2D eigenvalue weighted by Gasteiger charge is -2.17. The Morgan fingerprint density at radius 3 is 1.38 bits per heavy atom. The molecule has 42 heavy (non-hydrogen) atoms. The molecule has 4 aromatic carbocycles. The van der Waals surface area contributed by atoms with Crippen LogP contribution in [0.5, 0.6) is 11.5 Å². The first-order chi connectivity index (χ1) is 20.8. The van der Waals surface area contributed by atoms with Gasteiger partial charge in [-0.05, 0) is 46.7 Å². The molecule has 222 valence electrons. The van der Waals surface area contributed by atoms with Gasteiger partial charge in [-0.2, -0.15) is 0 Å². The number of para-hydroxylation sites is 1. The van der Waals surface area contributed by atoms with Gasteiger partial charge in [0.15, 0.2) is 11.5 Å². The first-order valence-corrected chi connectivity index (χ1v) is 16.4. The summed E-state index contributed by atoms with van der Waals surface area (Å²) in [6.07, 6.45) is 15.0. The molecule has 0 saturated heterocycles. The molecule has 0 heterocycles. The summed E-state index contributed by atoms with van der Waals surface area (Å²) in [5, 5.41) is 0. The highest BCUT2D eigenvalue weighted by Crippen LogP contribution is 2.39. The fraction of sp³-hybridized carbons (Fsp3) is 0.400. The fourth-order valence-electron chi connectivity index (χ4n) is 5.45. The van der Waals surface area contributed by atoms with E-state index in [1.165, 1.54) is 86.5 Å². The number of rotatable bonds is 19. The standard InChI is InChI=1S/C40H50O2/c1-3-5-7-9-11-16-31-41-39-22-18-21-38(40(39)42-32-17-12-10-8-6-4-2)37-29-27-36(28-30-37)35-25-23-34(24-26-35)33-19-14-13-15-20-33/h13-15,18-30H,3-12,16-17,31-32H2,1-2H3. The van der Waals surface area contributed by atoms with Crippen LogP contribution < -0.4 is 9.47 Å². The molecule has 0 bridgehead atoms. The van der Waals surface area contributed by atoms with Gasteiger partial charge in [0.25, 0.3) is 0 Å². The molecule has 0 saturated carbocycles. The van der Waals surface area contributed by atoms with E-state index in [1.807, 2.05) is 0 Å². The van der Waals surface area contributed by atoms with Crippen LogP contribution in [-0.4, -0.2) is 13.2 Å². The Bertz CT molecular complexity index is 1280. The third-order valence-corrected chi connectivity index (χ3v) is 8.00. The van der Waals surface area contributed by atoms with Crippen molar-refractivity contribution in [1.82, 2.24) is 0 Å². The van der Waals surface area contributed by atoms with Crippen molar-refractivity contribution in [2.75, 3.05) is 13.2 Å². The summed E-state index contributed by atoms with van der Waals surface area (Å²) >= 11 is 0. The van der Waals surface area contributed by atoms with E-state index in [9.17, 15) is 0 Å². The SMILES string of the molecule is CCCCCCCCOc1cccc(-c2ccc(-c3ccc(-c4ccccc4)cc3)cc2)c1OCCCCCCCC. The van der Waals surface area contributed by atoms with Crippen LogP contribution in [-0.2, 0) is 0 Å². The molecule has 0 spiro atoms. The summed E-state index contributed by atoms with van der Waals surface area (Å²) in [5.74, 6) is 1.75. The van der Waals surface area contributed by atoms with Gasteiger partial charge in [0, 0.05) is 5.56 Å². The van der Waals surface area contributed by atoms with Crippen LogP contribution in [0.4, 0.5) is 0 Å². The van der Waals surface area contributed by atoms with Crippen molar-refractivity contribution < 1.29 is 9.47 Å². The maximum Gasteiger partial charge on any atom is 0.168 e. The maximum atomic E-state index is 6.48. The highest BCUT2D eigenvalue weighted by atomic mass is 16.5. The summed E-state index contributed by atoms with van der Waals surface area (Å²) in [6, 6.07) is 34.6. The number of hydrogen-bond donors (Lipinski definition) is 0. The molecule has 0 aliphatic heterocycles. The Hall–Kier alpha value is -3.52. The zero-order chi connectivity index (χ0) is 29.2. The van der Waals surface area contributed by atoms with Crippen molar-refractivity contribution in [3.63, 3.8) is 0 Å². The summed E-state index contributed by atoms with van der Waals surface area (Å²) in [5.41, 5.74) is 7.17. The average molecular weight is 563 g/mol. The second-order valence-corrected chi connectivity index (χ2v) is 11.4. The van der Waals surface area contributed by atoms with Gasteiger partial charge in [-0.15, -0.1) is 0 Å². The lowest BCUT2D eigenvalue weighted by molar-refractivity contribution is 0.259. The topological polar surface area (TPSA) is 18.5 Å². The Kier molecular flexibility index (Phi) is 13.5.